The summed E-state index contributed by atoms with van der Waals surface area (Å²) in [5.41, 5.74) is 9.87. The van der Waals surface area contributed by atoms with Crippen LogP contribution in [0.1, 0.15) is 5.56 Å². The zero-order valence-electron chi connectivity index (χ0n) is 10.5. The summed E-state index contributed by atoms with van der Waals surface area (Å²) >= 11 is 1.58. The number of hydrogen-bond acceptors (Lipinski definition) is 4. The van der Waals surface area contributed by atoms with Gasteiger partial charge < -0.3 is 5.73 Å². The monoisotopic (exact) mass is 267 g/mol. The van der Waals surface area contributed by atoms with E-state index in [-0.39, 0.29) is 0 Å². The van der Waals surface area contributed by atoms with Gasteiger partial charge in [0, 0.05) is 16.8 Å². The second kappa shape index (κ2) is 4.82. The predicted molar refractivity (Wildman–Crippen MR) is 79.9 cm³/mol. The Labute approximate surface area is 115 Å². The summed E-state index contributed by atoms with van der Waals surface area (Å²) in [7, 11) is 0. The van der Waals surface area contributed by atoms with Gasteiger partial charge in [0.25, 0.3) is 0 Å². The third-order valence-electron chi connectivity index (χ3n) is 2.86. The van der Waals surface area contributed by atoms with Crippen LogP contribution >= 0.6 is 11.3 Å². The fourth-order valence-corrected chi connectivity index (χ4v) is 2.67. The van der Waals surface area contributed by atoms with Crippen molar-refractivity contribution in [2.24, 2.45) is 0 Å². The van der Waals surface area contributed by atoms with Gasteiger partial charge in [0.15, 0.2) is 0 Å². The average molecular weight is 267 g/mol. The Hall–Kier alpha value is -2.20. The summed E-state index contributed by atoms with van der Waals surface area (Å²) in [5.74, 6) is 0. The molecule has 0 fully saturated rings. The molecule has 1 aromatic heterocycles. The van der Waals surface area contributed by atoms with Gasteiger partial charge in [-0.15, -0.1) is 10.2 Å². The molecule has 0 aliphatic rings. The highest BCUT2D eigenvalue weighted by Gasteiger charge is 2.08. The lowest BCUT2D eigenvalue weighted by atomic mass is 10.2. The Kier molecular flexibility index (Phi) is 3.01. The van der Waals surface area contributed by atoms with Crippen LogP contribution in [0.15, 0.2) is 48.5 Å². The zero-order chi connectivity index (χ0) is 13.2. The van der Waals surface area contributed by atoms with E-state index in [9.17, 15) is 0 Å². The third-order valence-corrected chi connectivity index (χ3v) is 3.88. The van der Waals surface area contributed by atoms with Crippen molar-refractivity contribution in [1.82, 2.24) is 10.2 Å². The number of nitrogen functional groups attached to an aromatic ring is 1. The van der Waals surface area contributed by atoms with E-state index < -0.39 is 0 Å². The van der Waals surface area contributed by atoms with Crippen LogP contribution in [0, 0.1) is 6.92 Å². The van der Waals surface area contributed by atoms with Gasteiger partial charge in [-0.05, 0) is 19.1 Å². The first-order chi connectivity index (χ1) is 9.22. The molecule has 0 aliphatic carbocycles. The number of aromatic nitrogens is 2. The van der Waals surface area contributed by atoms with Crippen LogP contribution < -0.4 is 5.73 Å². The molecule has 2 N–H and O–H groups in total. The first-order valence-corrected chi connectivity index (χ1v) is 6.80. The van der Waals surface area contributed by atoms with Crippen molar-refractivity contribution in [3.8, 4) is 21.1 Å². The number of rotatable bonds is 2. The predicted octanol–water partition coefficient (Wildman–Crippen LogP) is 3.76. The number of benzene rings is 2. The molecule has 0 unspecified atom stereocenters. The molecule has 3 aromatic rings. The Morgan fingerprint density at radius 1 is 0.895 bits per heavy atom. The first-order valence-electron chi connectivity index (χ1n) is 5.99. The summed E-state index contributed by atoms with van der Waals surface area (Å²) < 4.78 is 0. The van der Waals surface area contributed by atoms with Crippen molar-refractivity contribution in [3.63, 3.8) is 0 Å². The molecule has 1 heterocycles. The van der Waals surface area contributed by atoms with Crippen molar-refractivity contribution >= 4 is 17.0 Å². The van der Waals surface area contributed by atoms with Gasteiger partial charge >= 0.3 is 0 Å². The molecule has 0 amide bonds. The quantitative estimate of drug-likeness (QED) is 0.719. The van der Waals surface area contributed by atoms with Crippen LogP contribution in [-0.4, -0.2) is 10.2 Å². The highest BCUT2D eigenvalue weighted by Crippen LogP contribution is 2.30. The molecular formula is C15H13N3S. The number of anilines is 1. The van der Waals surface area contributed by atoms with E-state index in [4.69, 9.17) is 5.73 Å². The molecule has 3 nitrogen and oxygen atoms in total. The molecule has 0 spiro atoms. The summed E-state index contributed by atoms with van der Waals surface area (Å²) in [4.78, 5) is 0. The molecule has 0 saturated carbocycles. The van der Waals surface area contributed by atoms with Crippen LogP contribution in [-0.2, 0) is 0 Å². The Morgan fingerprint density at radius 3 is 2.26 bits per heavy atom. The topological polar surface area (TPSA) is 51.8 Å². The highest BCUT2D eigenvalue weighted by atomic mass is 32.1. The molecule has 3 rings (SSSR count). The second-order valence-corrected chi connectivity index (χ2v) is 5.38. The third kappa shape index (κ3) is 2.48. The first kappa shape index (κ1) is 11.9. The lowest BCUT2D eigenvalue weighted by molar-refractivity contribution is 1.10. The summed E-state index contributed by atoms with van der Waals surface area (Å²) in [6.45, 7) is 2.07. The van der Waals surface area contributed by atoms with E-state index in [2.05, 4.69) is 41.4 Å². The summed E-state index contributed by atoms with van der Waals surface area (Å²) in [6, 6.07) is 16.0. The van der Waals surface area contributed by atoms with Crippen LogP contribution in [0.5, 0.6) is 0 Å². The average Bonchev–Trinajstić information content (AvgIpc) is 2.89. The summed E-state index contributed by atoms with van der Waals surface area (Å²) in [6.07, 6.45) is 0. The minimum absolute atomic E-state index is 0.740. The Bertz CT molecular complexity index is 701. The molecule has 2 aromatic carbocycles. The van der Waals surface area contributed by atoms with Crippen molar-refractivity contribution in [1.29, 1.82) is 0 Å². The standard InChI is InChI=1S/C15H13N3S/c1-10-5-7-11(8-6-10)14-17-18-15(19-14)12-3-2-4-13(16)9-12/h2-9H,16H2,1H3. The van der Waals surface area contributed by atoms with Crippen LogP contribution in [0.3, 0.4) is 0 Å². The maximum atomic E-state index is 5.79. The minimum atomic E-state index is 0.740. The molecule has 0 atom stereocenters. The number of hydrogen-bond donors (Lipinski definition) is 1. The number of nitrogens with two attached hydrogens (primary N) is 1. The van der Waals surface area contributed by atoms with Crippen molar-refractivity contribution in [3.05, 3.63) is 54.1 Å². The Balaban J connectivity index is 1.97. The molecule has 4 heteroatoms. The smallest absolute Gasteiger partial charge is 0.148 e. The van der Waals surface area contributed by atoms with E-state index in [1.165, 1.54) is 5.56 Å². The number of aryl methyl sites for hydroxylation is 1. The molecular weight excluding hydrogens is 254 g/mol. The largest absolute Gasteiger partial charge is 0.399 e. The molecule has 0 radical (unpaired) electrons. The van der Waals surface area contributed by atoms with Gasteiger partial charge in [-0.3, -0.25) is 0 Å². The number of nitrogens with zero attached hydrogens (tertiary/aromatic N) is 2. The lowest BCUT2D eigenvalue weighted by Gasteiger charge is -1.97. The van der Waals surface area contributed by atoms with Gasteiger partial charge in [0.1, 0.15) is 10.0 Å². The van der Waals surface area contributed by atoms with E-state index in [0.29, 0.717) is 0 Å². The van der Waals surface area contributed by atoms with Gasteiger partial charge in [-0.1, -0.05) is 53.3 Å². The van der Waals surface area contributed by atoms with Gasteiger partial charge in [-0.25, -0.2) is 0 Å². The van der Waals surface area contributed by atoms with Crippen LogP contribution in [0.4, 0.5) is 5.69 Å². The Morgan fingerprint density at radius 2 is 1.58 bits per heavy atom. The maximum absolute atomic E-state index is 5.79. The molecule has 19 heavy (non-hydrogen) atoms. The van der Waals surface area contributed by atoms with E-state index in [1.54, 1.807) is 11.3 Å². The maximum Gasteiger partial charge on any atom is 0.148 e. The van der Waals surface area contributed by atoms with Crippen LogP contribution in [0.2, 0.25) is 0 Å². The van der Waals surface area contributed by atoms with Crippen molar-refractivity contribution < 1.29 is 0 Å². The lowest BCUT2D eigenvalue weighted by Crippen LogP contribution is -1.84. The molecule has 94 valence electrons. The van der Waals surface area contributed by atoms with Gasteiger partial charge in [0.05, 0.1) is 0 Å². The molecule has 0 saturated heterocycles. The van der Waals surface area contributed by atoms with Crippen molar-refractivity contribution in [2.45, 2.75) is 6.92 Å². The SMILES string of the molecule is Cc1ccc(-c2nnc(-c3cccc(N)c3)s2)cc1. The fraction of sp³-hybridized carbons (Fsp3) is 0.0667. The van der Waals surface area contributed by atoms with E-state index in [1.807, 2.05) is 24.3 Å². The van der Waals surface area contributed by atoms with Crippen molar-refractivity contribution in [2.75, 3.05) is 5.73 Å². The summed E-state index contributed by atoms with van der Waals surface area (Å²) in [5, 5.41) is 10.3. The zero-order valence-corrected chi connectivity index (χ0v) is 11.3. The normalized spacial score (nSPS) is 10.6. The molecule has 0 bridgehead atoms. The van der Waals surface area contributed by atoms with E-state index in [0.717, 1.165) is 26.8 Å². The van der Waals surface area contributed by atoms with Gasteiger partial charge in [0.2, 0.25) is 0 Å². The van der Waals surface area contributed by atoms with E-state index >= 15 is 0 Å². The van der Waals surface area contributed by atoms with Crippen LogP contribution in [0.25, 0.3) is 21.1 Å². The minimum Gasteiger partial charge on any atom is -0.399 e. The highest BCUT2D eigenvalue weighted by molar-refractivity contribution is 7.17. The second-order valence-electron chi connectivity index (χ2n) is 4.40. The molecule has 0 aliphatic heterocycles. The fourth-order valence-electron chi connectivity index (χ4n) is 1.82. The van der Waals surface area contributed by atoms with Gasteiger partial charge in [-0.2, -0.15) is 0 Å².